The molecule has 0 fully saturated rings. The summed E-state index contributed by atoms with van der Waals surface area (Å²) in [6, 6.07) is 23.4. The van der Waals surface area contributed by atoms with E-state index in [0.29, 0.717) is 36.2 Å². The zero-order valence-electron chi connectivity index (χ0n) is 19.6. The molecular formula is C28H30ClN3O2. The number of aromatic nitrogens is 2. The van der Waals surface area contributed by atoms with Crippen molar-refractivity contribution in [3.63, 3.8) is 0 Å². The van der Waals surface area contributed by atoms with E-state index in [1.54, 1.807) is 12.1 Å². The van der Waals surface area contributed by atoms with Crippen molar-refractivity contribution in [2.45, 2.75) is 39.2 Å². The molecule has 1 aromatic heterocycles. The molecule has 34 heavy (non-hydrogen) atoms. The first kappa shape index (κ1) is 23.8. The zero-order chi connectivity index (χ0) is 23.9. The molecule has 1 N–H and O–H groups in total. The maximum Gasteiger partial charge on any atom is 0.252 e. The summed E-state index contributed by atoms with van der Waals surface area (Å²) in [5.74, 6) is 2.18. The molecule has 0 atom stereocenters. The van der Waals surface area contributed by atoms with Crippen LogP contribution in [0.4, 0.5) is 0 Å². The van der Waals surface area contributed by atoms with Crippen molar-refractivity contribution in [3.8, 4) is 5.75 Å². The Kier molecular flexibility index (Phi) is 7.86. The quantitative estimate of drug-likeness (QED) is 0.275. The lowest BCUT2D eigenvalue weighted by molar-refractivity contribution is 0.0953. The van der Waals surface area contributed by atoms with Gasteiger partial charge in [0.15, 0.2) is 0 Å². The fraction of sp³-hybridized carbons (Fsp3) is 0.286. The molecule has 0 radical (unpaired) electrons. The van der Waals surface area contributed by atoms with Gasteiger partial charge in [0.05, 0.1) is 28.2 Å². The van der Waals surface area contributed by atoms with Gasteiger partial charge in [0, 0.05) is 13.0 Å². The summed E-state index contributed by atoms with van der Waals surface area (Å²) < 4.78 is 8.40. The number of imidazole rings is 1. The number of rotatable bonds is 10. The van der Waals surface area contributed by atoms with E-state index in [4.69, 9.17) is 21.3 Å². The summed E-state index contributed by atoms with van der Waals surface area (Å²) in [5, 5.41) is 3.42. The highest BCUT2D eigenvalue weighted by molar-refractivity contribution is 6.33. The standard InChI is InChI=1S/C28H30ClN3O2/c1-20(2)21-10-4-8-15-26(21)34-19-18-32-25-14-7-6-13-24(25)31-27(32)16-9-17-30-28(33)22-11-3-5-12-23(22)29/h3-8,10-15,20H,9,16-19H2,1-2H3,(H,30,33). The van der Waals surface area contributed by atoms with Crippen LogP contribution in [0.25, 0.3) is 11.0 Å². The van der Waals surface area contributed by atoms with Gasteiger partial charge >= 0.3 is 0 Å². The molecule has 0 aliphatic rings. The van der Waals surface area contributed by atoms with Crippen LogP contribution in [-0.2, 0) is 13.0 Å². The van der Waals surface area contributed by atoms with E-state index < -0.39 is 0 Å². The van der Waals surface area contributed by atoms with Crippen LogP contribution in [0.1, 0.15) is 47.9 Å². The number of para-hydroxylation sites is 3. The Balaban J connectivity index is 1.39. The van der Waals surface area contributed by atoms with E-state index in [9.17, 15) is 4.79 Å². The van der Waals surface area contributed by atoms with Crippen LogP contribution in [0.3, 0.4) is 0 Å². The van der Waals surface area contributed by atoms with Crippen molar-refractivity contribution < 1.29 is 9.53 Å². The number of nitrogens with zero attached hydrogens (tertiary/aromatic N) is 2. The number of halogens is 1. The minimum atomic E-state index is -0.156. The summed E-state index contributed by atoms with van der Waals surface area (Å²) in [7, 11) is 0. The van der Waals surface area contributed by atoms with Crippen LogP contribution >= 0.6 is 11.6 Å². The molecule has 176 valence electrons. The second-order valence-electron chi connectivity index (χ2n) is 8.55. The Morgan fingerprint density at radius 2 is 1.76 bits per heavy atom. The van der Waals surface area contributed by atoms with Gasteiger partial charge in [0.25, 0.3) is 5.91 Å². The molecule has 0 bridgehead atoms. The average Bonchev–Trinajstić information content (AvgIpc) is 3.19. The van der Waals surface area contributed by atoms with E-state index in [1.807, 2.05) is 48.5 Å². The van der Waals surface area contributed by atoms with E-state index in [-0.39, 0.29) is 5.91 Å². The largest absolute Gasteiger partial charge is 0.491 e. The van der Waals surface area contributed by atoms with Gasteiger partial charge in [-0.05, 0) is 48.2 Å². The minimum Gasteiger partial charge on any atom is -0.491 e. The number of carbonyl (C=O) groups excluding carboxylic acids is 1. The summed E-state index contributed by atoms with van der Waals surface area (Å²) in [5.41, 5.74) is 3.78. The Morgan fingerprint density at radius 1 is 1.03 bits per heavy atom. The molecule has 4 rings (SSSR count). The Bertz CT molecular complexity index is 1270. The van der Waals surface area contributed by atoms with Gasteiger partial charge in [-0.15, -0.1) is 0 Å². The van der Waals surface area contributed by atoms with Crippen molar-refractivity contribution in [1.82, 2.24) is 14.9 Å². The number of nitrogens with one attached hydrogen (secondary N) is 1. The Labute approximate surface area is 205 Å². The maximum atomic E-state index is 12.4. The van der Waals surface area contributed by atoms with Gasteiger partial charge < -0.3 is 14.6 Å². The molecule has 6 heteroatoms. The molecule has 0 spiro atoms. The molecule has 5 nitrogen and oxygen atoms in total. The third-order valence-corrected chi connectivity index (χ3v) is 6.16. The van der Waals surface area contributed by atoms with Crippen molar-refractivity contribution in [3.05, 3.63) is 94.8 Å². The molecule has 4 aromatic rings. The summed E-state index contributed by atoms with van der Waals surface area (Å²) in [6.45, 7) is 6.16. The molecule has 3 aromatic carbocycles. The second-order valence-corrected chi connectivity index (χ2v) is 8.96. The van der Waals surface area contributed by atoms with Crippen LogP contribution in [-0.4, -0.2) is 28.6 Å². The van der Waals surface area contributed by atoms with Crippen molar-refractivity contribution in [2.75, 3.05) is 13.2 Å². The number of aryl methyl sites for hydroxylation is 1. The minimum absolute atomic E-state index is 0.156. The number of amides is 1. The maximum absolute atomic E-state index is 12.4. The Morgan fingerprint density at radius 3 is 2.59 bits per heavy atom. The first-order chi connectivity index (χ1) is 16.5. The van der Waals surface area contributed by atoms with Crippen molar-refractivity contribution in [2.24, 2.45) is 0 Å². The van der Waals surface area contributed by atoms with Gasteiger partial charge in [0.1, 0.15) is 18.2 Å². The monoisotopic (exact) mass is 475 g/mol. The van der Waals surface area contributed by atoms with Crippen LogP contribution in [0, 0.1) is 0 Å². The van der Waals surface area contributed by atoms with Gasteiger partial charge in [-0.2, -0.15) is 0 Å². The van der Waals surface area contributed by atoms with E-state index in [0.717, 1.165) is 35.4 Å². The first-order valence-electron chi connectivity index (χ1n) is 11.7. The molecule has 0 saturated heterocycles. The van der Waals surface area contributed by atoms with E-state index in [1.165, 1.54) is 5.56 Å². The lowest BCUT2D eigenvalue weighted by atomic mass is 10.0. The normalized spacial score (nSPS) is 11.2. The number of ether oxygens (including phenoxy) is 1. The van der Waals surface area contributed by atoms with Crippen LogP contribution < -0.4 is 10.1 Å². The fourth-order valence-corrected chi connectivity index (χ4v) is 4.31. The lowest BCUT2D eigenvalue weighted by Gasteiger charge is -2.15. The Hall–Kier alpha value is -3.31. The highest BCUT2D eigenvalue weighted by Gasteiger charge is 2.13. The summed E-state index contributed by atoms with van der Waals surface area (Å²) in [6.07, 6.45) is 1.52. The summed E-state index contributed by atoms with van der Waals surface area (Å²) in [4.78, 5) is 17.2. The summed E-state index contributed by atoms with van der Waals surface area (Å²) >= 11 is 6.13. The predicted octanol–water partition coefficient (Wildman–Crippen LogP) is 6.25. The number of benzene rings is 3. The third kappa shape index (κ3) is 5.60. The molecule has 0 aliphatic heterocycles. The molecule has 1 heterocycles. The molecule has 0 saturated carbocycles. The van der Waals surface area contributed by atoms with Crippen molar-refractivity contribution in [1.29, 1.82) is 0 Å². The van der Waals surface area contributed by atoms with Crippen LogP contribution in [0.5, 0.6) is 5.75 Å². The van der Waals surface area contributed by atoms with Gasteiger partial charge in [-0.25, -0.2) is 4.98 Å². The average molecular weight is 476 g/mol. The fourth-order valence-electron chi connectivity index (χ4n) is 4.09. The van der Waals surface area contributed by atoms with Crippen LogP contribution in [0.2, 0.25) is 5.02 Å². The van der Waals surface area contributed by atoms with E-state index >= 15 is 0 Å². The number of fused-ring (bicyclic) bond motifs is 1. The van der Waals surface area contributed by atoms with Gasteiger partial charge in [0.2, 0.25) is 0 Å². The molecule has 0 aliphatic carbocycles. The highest BCUT2D eigenvalue weighted by Crippen LogP contribution is 2.26. The van der Waals surface area contributed by atoms with Crippen molar-refractivity contribution >= 4 is 28.5 Å². The molecule has 1 amide bonds. The topological polar surface area (TPSA) is 56.1 Å². The predicted molar refractivity (Wildman–Crippen MR) is 138 cm³/mol. The number of hydrogen-bond acceptors (Lipinski definition) is 3. The van der Waals surface area contributed by atoms with Gasteiger partial charge in [-0.3, -0.25) is 4.79 Å². The van der Waals surface area contributed by atoms with Gasteiger partial charge in [-0.1, -0.05) is 67.9 Å². The van der Waals surface area contributed by atoms with E-state index in [2.05, 4.69) is 35.9 Å². The molecule has 0 unspecified atom stereocenters. The third-order valence-electron chi connectivity index (χ3n) is 5.83. The smallest absolute Gasteiger partial charge is 0.252 e. The SMILES string of the molecule is CC(C)c1ccccc1OCCn1c(CCCNC(=O)c2ccccc2Cl)nc2ccccc21. The zero-order valence-corrected chi connectivity index (χ0v) is 20.4. The molecular weight excluding hydrogens is 446 g/mol. The lowest BCUT2D eigenvalue weighted by Crippen LogP contribution is -2.25. The number of hydrogen-bond donors (Lipinski definition) is 1. The van der Waals surface area contributed by atoms with Crippen LogP contribution in [0.15, 0.2) is 72.8 Å². The number of carbonyl (C=O) groups is 1. The highest BCUT2D eigenvalue weighted by atomic mass is 35.5. The first-order valence-corrected chi connectivity index (χ1v) is 12.1. The second kappa shape index (κ2) is 11.2.